The molecule has 0 saturated heterocycles. The van der Waals surface area contributed by atoms with Crippen LogP contribution in [0.3, 0.4) is 0 Å². The summed E-state index contributed by atoms with van der Waals surface area (Å²) in [6.45, 7) is 2.26. The molecule has 4 aromatic rings. The number of rotatable bonds is 5. The number of aromatic amines is 1. The van der Waals surface area contributed by atoms with Crippen LogP contribution in [-0.4, -0.2) is 21.8 Å². The number of fused-ring (bicyclic) bond motifs is 1. The number of H-pyrrole nitrogens is 1. The number of aryl methyl sites for hydroxylation is 1. The van der Waals surface area contributed by atoms with Gasteiger partial charge in [-0.05, 0) is 37.3 Å². The standard InChI is InChI=1S/C23H20N4O2/c1-15-9-11-16(12-10-15)22(28)27-20-18-7-2-3-8-19(18)26-21(20)23(29)25-14-17-6-4-5-13-24-17/h2-13,26H,14H2,1H3,(H,25,29)(H,27,28). The molecule has 0 radical (unpaired) electrons. The van der Waals surface area contributed by atoms with Gasteiger partial charge in [0.1, 0.15) is 5.69 Å². The molecule has 29 heavy (non-hydrogen) atoms. The van der Waals surface area contributed by atoms with Gasteiger partial charge in [-0.25, -0.2) is 0 Å². The number of hydrogen-bond acceptors (Lipinski definition) is 3. The predicted molar refractivity (Wildman–Crippen MR) is 113 cm³/mol. The molecule has 0 atom stereocenters. The number of carbonyl (C=O) groups excluding carboxylic acids is 2. The normalized spacial score (nSPS) is 10.7. The second kappa shape index (κ2) is 7.98. The third-order valence-corrected chi connectivity index (χ3v) is 4.64. The van der Waals surface area contributed by atoms with Crippen LogP contribution < -0.4 is 10.6 Å². The van der Waals surface area contributed by atoms with Crippen molar-refractivity contribution in [1.29, 1.82) is 0 Å². The van der Waals surface area contributed by atoms with Crippen LogP contribution in [-0.2, 0) is 6.54 Å². The maximum absolute atomic E-state index is 12.8. The highest BCUT2D eigenvalue weighted by Crippen LogP contribution is 2.28. The molecule has 2 heterocycles. The summed E-state index contributed by atoms with van der Waals surface area (Å²) in [5.41, 5.74) is 3.90. The maximum Gasteiger partial charge on any atom is 0.270 e. The molecular weight excluding hydrogens is 364 g/mol. The summed E-state index contributed by atoms with van der Waals surface area (Å²) in [5, 5.41) is 6.53. The van der Waals surface area contributed by atoms with Crippen LogP contribution in [0.5, 0.6) is 0 Å². The van der Waals surface area contributed by atoms with E-state index in [1.54, 1.807) is 18.3 Å². The van der Waals surface area contributed by atoms with E-state index in [0.717, 1.165) is 22.2 Å². The number of nitrogens with one attached hydrogen (secondary N) is 3. The van der Waals surface area contributed by atoms with Gasteiger partial charge in [-0.3, -0.25) is 14.6 Å². The molecular formula is C23H20N4O2. The molecule has 144 valence electrons. The van der Waals surface area contributed by atoms with Gasteiger partial charge in [-0.2, -0.15) is 0 Å². The molecule has 0 fully saturated rings. The molecule has 6 nitrogen and oxygen atoms in total. The third-order valence-electron chi connectivity index (χ3n) is 4.64. The number of pyridine rings is 1. The highest BCUT2D eigenvalue weighted by Gasteiger charge is 2.20. The van der Waals surface area contributed by atoms with Crippen LogP contribution in [0.4, 0.5) is 5.69 Å². The van der Waals surface area contributed by atoms with E-state index in [9.17, 15) is 9.59 Å². The second-order valence-corrected chi connectivity index (χ2v) is 6.74. The Hall–Kier alpha value is -3.93. The Labute approximate surface area is 168 Å². The molecule has 0 aliphatic rings. The van der Waals surface area contributed by atoms with Crippen molar-refractivity contribution in [1.82, 2.24) is 15.3 Å². The second-order valence-electron chi connectivity index (χ2n) is 6.74. The van der Waals surface area contributed by atoms with Gasteiger partial charge < -0.3 is 15.6 Å². The molecule has 2 aromatic heterocycles. The molecule has 0 bridgehead atoms. The number of carbonyl (C=O) groups is 2. The molecule has 6 heteroatoms. The zero-order chi connectivity index (χ0) is 20.2. The van der Waals surface area contributed by atoms with Gasteiger partial charge >= 0.3 is 0 Å². The van der Waals surface area contributed by atoms with Gasteiger partial charge in [-0.15, -0.1) is 0 Å². The van der Waals surface area contributed by atoms with Gasteiger partial charge in [-0.1, -0.05) is 42.0 Å². The summed E-state index contributed by atoms with van der Waals surface area (Å²) in [5.74, 6) is -0.584. The van der Waals surface area contributed by atoms with Crippen LogP contribution in [0.2, 0.25) is 0 Å². The number of benzene rings is 2. The molecule has 0 spiro atoms. The predicted octanol–water partition coefficient (Wildman–Crippen LogP) is 4.05. The summed E-state index contributed by atoms with van der Waals surface area (Å²) in [7, 11) is 0. The maximum atomic E-state index is 12.8. The van der Waals surface area contributed by atoms with E-state index in [1.807, 2.05) is 61.5 Å². The molecule has 0 aliphatic heterocycles. The summed E-state index contributed by atoms with van der Waals surface area (Å²) in [6.07, 6.45) is 1.68. The van der Waals surface area contributed by atoms with Crippen LogP contribution >= 0.6 is 0 Å². The van der Waals surface area contributed by atoms with E-state index in [0.29, 0.717) is 23.5 Å². The molecule has 4 rings (SSSR count). The van der Waals surface area contributed by atoms with E-state index >= 15 is 0 Å². The number of aromatic nitrogens is 2. The zero-order valence-electron chi connectivity index (χ0n) is 15.9. The Bertz CT molecular complexity index is 1160. The van der Waals surface area contributed by atoms with Gasteiger partial charge in [0.25, 0.3) is 11.8 Å². The van der Waals surface area contributed by atoms with E-state index < -0.39 is 0 Å². The zero-order valence-corrected chi connectivity index (χ0v) is 15.9. The first kappa shape index (κ1) is 18.4. The minimum atomic E-state index is -0.314. The smallest absolute Gasteiger partial charge is 0.270 e. The Morgan fingerprint density at radius 2 is 1.69 bits per heavy atom. The fourth-order valence-electron chi connectivity index (χ4n) is 3.09. The number of amides is 2. The molecule has 2 aromatic carbocycles. The molecule has 0 aliphatic carbocycles. The van der Waals surface area contributed by atoms with Crippen LogP contribution in [0.25, 0.3) is 10.9 Å². The quantitative estimate of drug-likeness (QED) is 0.485. The average Bonchev–Trinajstić information content (AvgIpc) is 3.12. The van der Waals surface area contributed by atoms with Gasteiger partial charge in [0.15, 0.2) is 0 Å². The lowest BCUT2D eigenvalue weighted by molar-refractivity contribution is 0.0947. The summed E-state index contributed by atoms with van der Waals surface area (Å²) in [6, 6.07) is 20.3. The Kier molecular flexibility index (Phi) is 5.07. The Morgan fingerprint density at radius 3 is 2.45 bits per heavy atom. The lowest BCUT2D eigenvalue weighted by Gasteiger charge is -2.09. The van der Waals surface area contributed by atoms with Crippen molar-refractivity contribution >= 4 is 28.4 Å². The largest absolute Gasteiger partial charge is 0.349 e. The van der Waals surface area contributed by atoms with E-state index in [1.165, 1.54) is 0 Å². The first-order chi connectivity index (χ1) is 14.1. The van der Waals surface area contributed by atoms with Crippen molar-refractivity contribution in [3.63, 3.8) is 0 Å². The van der Waals surface area contributed by atoms with E-state index in [2.05, 4.69) is 20.6 Å². The fraction of sp³-hybridized carbons (Fsp3) is 0.0870. The molecule has 3 N–H and O–H groups in total. The Balaban J connectivity index is 1.62. The van der Waals surface area contributed by atoms with E-state index in [4.69, 9.17) is 0 Å². The highest BCUT2D eigenvalue weighted by atomic mass is 16.2. The molecule has 0 unspecified atom stereocenters. The average molecular weight is 384 g/mol. The van der Waals surface area contributed by atoms with Gasteiger partial charge in [0.05, 0.1) is 17.9 Å². The van der Waals surface area contributed by atoms with Crippen LogP contribution in [0.15, 0.2) is 72.9 Å². The summed E-state index contributed by atoms with van der Waals surface area (Å²) >= 11 is 0. The lowest BCUT2D eigenvalue weighted by atomic mass is 10.1. The van der Waals surface area contributed by atoms with Crippen LogP contribution in [0, 0.1) is 6.92 Å². The monoisotopic (exact) mass is 384 g/mol. The number of anilines is 1. The van der Waals surface area contributed by atoms with Crippen molar-refractivity contribution in [2.24, 2.45) is 0 Å². The van der Waals surface area contributed by atoms with Crippen molar-refractivity contribution in [3.05, 3.63) is 95.4 Å². The highest BCUT2D eigenvalue weighted by molar-refractivity contribution is 6.15. The van der Waals surface area contributed by atoms with Gasteiger partial charge in [0.2, 0.25) is 0 Å². The SMILES string of the molecule is Cc1ccc(C(=O)Nc2c(C(=O)NCc3ccccn3)[nH]c3ccccc23)cc1. The topological polar surface area (TPSA) is 86.9 Å². The number of para-hydroxylation sites is 1. The first-order valence-corrected chi connectivity index (χ1v) is 9.28. The minimum absolute atomic E-state index is 0.270. The van der Waals surface area contributed by atoms with Crippen molar-refractivity contribution < 1.29 is 9.59 Å². The molecule has 0 saturated carbocycles. The fourth-order valence-corrected chi connectivity index (χ4v) is 3.09. The van der Waals surface area contributed by atoms with E-state index in [-0.39, 0.29) is 11.8 Å². The first-order valence-electron chi connectivity index (χ1n) is 9.28. The van der Waals surface area contributed by atoms with Crippen molar-refractivity contribution in [3.8, 4) is 0 Å². The summed E-state index contributed by atoms with van der Waals surface area (Å²) < 4.78 is 0. The molecule has 2 amide bonds. The summed E-state index contributed by atoms with van der Waals surface area (Å²) in [4.78, 5) is 32.9. The van der Waals surface area contributed by atoms with Crippen molar-refractivity contribution in [2.45, 2.75) is 13.5 Å². The lowest BCUT2D eigenvalue weighted by Crippen LogP contribution is -2.25. The minimum Gasteiger partial charge on any atom is -0.349 e. The number of nitrogens with zero attached hydrogens (tertiary/aromatic N) is 1. The third kappa shape index (κ3) is 4.01. The van der Waals surface area contributed by atoms with Crippen molar-refractivity contribution in [2.75, 3.05) is 5.32 Å². The Morgan fingerprint density at radius 1 is 0.931 bits per heavy atom. The van der Waals surface area contributed by atoms with Gasteiger partial charge in [0, 0.05) is 22.7 Å². The van der Waals surface area contributed by atoms with Crippen LogP contribution in [0.1, 0.15) is 32.1 Å². The number of hydrogen-bond donors (Lipinski definition) is 3.